The molecule has 0 radical (unpaired) electrons. The second kappa shape index (κ2) is 6.36. The molecule has 1 fully saturated rings. The Hall–Kier alpha value is -1.43. The number of hydrogen-bond donors (Lipinski definition) is 3. The van der Waals surface area contributed by atoms with Crippen molar-refractivity contribution in [3.63, 3.8) is 0 Å². The molecule has 0 saturated carbocycles. The topological polar surface area (TPSA) is 78.2 Å². The Kier molecular flexibility index (Phi) is 4.47. The van der Waals surface area contributed by atoms with Gasteiger partial charge in [0.15, 0.2) is 0 Å². The second-order valence-corrected chi connectivity index (χ2v) is 6.43. The third-order valence-electron chi connectivity index (χ3n) is 4.30. The summed E-state index contributed by atoms with van der Waals surface area (Å²) >= 11 is 11.9. The Morgan fingerprint density at radius 3 is 2.59 bits per heavy atom. The molecule has 0 amide bonds. The number of phenolic OH excluding ortho intramolecular Hbond substituents is 1. The molecule has 1 aromatic carbocycles. The van der Waals surface area contributed by atoms with Crippen LogP contribution in [0.1, 0.15) is 24.4 Å². The number of aromatic amines is 1. The van der Waals surface area contributed by atoms with Crippen molar-refractivity contribution in [1.29, 1.82) is 0 Å². The summed E-state index contributed by atoms with van der Waals surface area (Å²) in [4.78, 5) is 2.25. The molecule has 118 valence electrons. The lowest BCUT2D eigenvalue weighted by molar-refractivity contribution is 0.336. The van der Waals surface area contributed by atoms with Crippen molar-refractivity contribution in [2.45, 2.75) is 18.9 Å². The molecule has 22 heavy (non-hydrogen) atoms. The summed E-state index contributed by atoms with van der Waals surface area (Å²) in [7, 11) is 0. The van der Waals surface area contributed by atoms with Crippen LogP contribution in [0.5, 0.6) is 5.75 Å². The molecule has 1 atom stereocenters. The molecule has 0 bridgehead atoms. The van der Waals surface area contributed by atoms with Crippen molar-refractivity contribution >= 4 is 29.0 Å². The molecule has 5 nitrogen and oxygen atoms in total. The number of hydrogen-bond acceptors (Lipinski definition) is 4. The molecule has 1 unspecified atom stereocenters. The van der Waals surface area contributed by atoms with Crippen molar-refractivity contribution < 1.29 is 5.11 Å². The van der Waals surface area contributed by atoms with Gasteiger partial charge in [0, 0.05) is 36.8 Å². The van der Waals surface area contributed by atoms with E-state index in [1.165, 1.54) is 6.07 Å². The van der Waals surface area contributed by atoms with Gasteiger partial charge in [0.1, 0.15) is 11.6 Å². The third-order valence-corrected chi connectivity index (χ3v) is 5.03. The number of H-pyrrole nitrogens is 1. The van der Waals surface area contributed by atoms with Gasteiger partial charge in [-0.2, -0.15) is 5.10 Å². The Labute approximate surface area is 139 Å². The zero-order chi connectivity index (χ0) is 15.7. The van der Waals surface area contributed by atoms with Crippen LogP contribution in [0.25, 0.3) is 0 Å². The predicted molar refractivity (Wildman–Crippen MR) is 88.6 cm³/mol. The molecule has 1 aliphatic heterocycles. The molecular weight excluding hydrogens is 323 g/mol. The fraction of sp³-hybridized carbons (Fsp3) is 0.400. The number of benzene rings is 1. The van der Waals surface area contributed by atoms with Crippen molar-refractivity contribution in [3.8, 4) is 5.75 Å². The highest BCUT2D eigenvalue weighted by molar-refractivity contribution is 6.42. The monoisotopic (exact) mass is 340 g/mol. The van der Waals surface area contributed by atoms with Crippen LogP contribution in [-0.4, -0.2) is 28.4 Å². The third kappa shape index (κ3) is 3.02. The highest BCUT2D eigenvalue weighted by Crippen LogP contribution is 2.38. The van der Waals surface area contributed by atoms with E-state index in [4.69, 9.17) is 28.9 Å². The number of halogens is 2. The summed E-state index contributed by atoms with van der Waals surface area (Å²) in [5.74, 6) is 1.43. The van der Waals surface area contributed by atoms with Crippen LogP contribution in [0.3, 0.4) is 0 Å². The van der Waals surface area contributed by atoms with Gasteiger partial charge in [-0.25, -0.2) is 0 Å². The van der Waals surface area contributed by atoms with E-state index in [9.17, 15) is 5.11 Å². The van der Waals surface area contributed by atoms with E-state index in [-0.39, 0.29) is 11.8 Å². The zero-order valence-electron chi connectivity index (χ0n) is 12.0. The smallest absolute Gasteiger partial charge is 0.123 e. The number of nitrogens with zero attached hydrogens (tertiary/aromatic N) is 2. The highest BCUT2D eigenvalue weighted by atomic mass is 35.5. The van der Waals surface area contributed by atoms with Crippen molar-refractivity contribution in [2.75, 3.05) is 18.0 Å². The zero-order valence-corrected chi connectivity index (χ0v) is 13.5. The predicted octanol–water partition coefficient (Wildman–Crippen LogP) is 3.34. The van der Waals surface area contributed by atoms with Crippen LogP contribution < -0.4 is 10.6 Å². The van der Waals surface area contributed by atoms with E-state index in [2.05, 4.69) is 15.1 Å². The van der Waals surface area contributed by atoms with E-state index < -0.39 is 0 Å². The second-order valence-electron chi connectivity index (χ2n) is 5.62. The van der Waals surface area contributed by atoms with Gasteiger partial charge >= 0.3 is 0 Å². The van der Waals surface area contributed by atoms with Crippen molar-refractivity contribution in [3.05, 3.63) is 40.0 Å². The Morgan fingerprint density at radius 1 is 1.27 bits per heavy atom. The molecule has 7 heteroatoms. The molecule has 1 aliphatic rings. The molecule has 1 saturated heterocycles. The number of phenols is 1. The number of nitrogens with two attached hydrogens (primary N) is 1. The van der Waals surface area contributed by atoms with Crippen LogP contribution in [0, 0.1) is 5.92 Å². The first-order valence-electron chi connectivity index (χ1n) is 7.24. The highest BCUT2D eigenvalue weighted by Gasteiger charge is 2.27. The van der Waals surface area contributed by atoms with E-state index in [1.54, 1.807) is 12.3 Å². The minimum atomic E-state index is -0.251. The molecule has 2 heterocycles. The Balaban J connectivity index is 1.69. The maximum Gasteiger partial charge on any atom is 0.123 e. The van der Waals surface area contributed by atoms with E-state index in [0.29, 0.717) is 21.5 Å². The summed E-state index contributed by atoms with van der Waals surface area (Å²) < 4.78 is 0. The number of nitrogens with one attached hydrogen (secondary N) is 1. The fourth-order valence-electron chi connectivity index (χ4n) is 3.00. The molecule has 0 spiro atoms. The standard InChI is InChI=1S/C15H18Cl2N4O/c16-11-7-10(13(22)8-12(11)17)15(18)9-2-5-21(6-3-9)14-1-4-19-20-14/h1,4,7-9,15,22H,2-3,5-6,18H2,(H,19,20). The maximum atomic E-state index is 10.1. The average Bonchev–Trinajstić information content (AvgIpc) is 3.05. The summed E-state index contributed by atoms with van der Waals surface area (Å²) in [5, 5.41) is 17.8. The lowest BCUT2D eigenvalue weighted by Gasteiger charge is -2.35. The summed E-state index contributed by atoms with van der Waals surface area (Å²) in [6.07, 6.45) is 3.64. The number of aromatic hydroxyl groups is 1. The van der Waals surface area contributed by atoms with Crippen LogP contribution in [0.2, 0.25) is 10.0 Å². The lowest BCUT2D eigenvalue weighted by Crippen LogP contribution is -2.37. The fourth-order valence-corrected chi connectivity index (χ4v) is 3.33. The van der Waals surface area contributed by atoms with E-state index in [0.717, 1.165) is 31.7 Å². The van der Waals surface area contributed by atoms with Gasteiger partial charge in [0.2, 0.25) is 0 Å². The van der Waals surface area contributed by atoms with Crippen LogP contribution >= 0.6 is 23.2 Å². The first kappa shape index (κ1) is 15.5. The average molecular weight is 341 g/mol. The number of rotatable bonds is 3. The molecule has 3 rings (SSSR count). The summed E-state index contributed by atoms with van der Waals surface area (Å²) in [5.41, 5.74) is 7.01. The molecule has 1 aromatic heterocycles. The van der Waals surface area contributed by atoms with Crippen LogP contribution in [-0.2, 0) is 0 Å². The van der Waals surface area contributed by atoms with Gasteiger partial charge in [-0.05, 0) is 24.8 Å². The quantitative estimate of drug-likeness (QED) is 0.800. The number of anilines is 1. The minimum absolute atomic E-state index is 0.109. The van der Waals surface area contributed by atoms with Gasteiger partial charge < -0.3 is 15.7 Å². The van der Waals surface area contributed by atoms with Gasteiger partial charge in [0.05, 0.1) is 16.2 Å². The Bertz CT molecular complexity index is 639. The van der Waals surface area contributed by atoms with Crippen LogP contribution in [0.15, 0.2) is 24.4 Å². The SMILES string of the molecule is NC(c1cc(Cl)c(Cl)cc1O)C1CCN(c2ccn[nH]2)CC1. The van der Waals surface area contributed by atoms with Gasteiger partial charge in [0.25, 0.3) is 0 Å². The van der Waals surface area contributed by atoms with E-state index in [1.807, 2.05) is 6.07 Å². The molecule has 4 N–H and O–H groups in total. The largest absolute Gasteiger partial charge is 0.508 e. The van der Waals surface area contributed by atoms with Crippen molar-refractivity contribution in [2.24, 2.45) is 11.7 Å². The number of piperidine rings is 1. The lowest BCUT2D eigenvalue weighted by atomic mass is 9.85. The first-order chi connectivity index (χ1) is 10.6. The van der Waals surface area contributed by atoms with Gasteiger partial charge in [-0.15, -0.1) is 0 Å². The Morgan fingerprint density at radius 2 is 1.95 bits per heavy atom. The molecule has 0 aliphatic carbocycles. The minimum Gasteiger partial charge on any atom is -0.508 e. The van der Waals surface area contributed by atoms with Crippen LogP contribution in [0.4, 0.5) is 5.82 Å². The number of aromatic nitrogens is 2. The molecular formula is C15H18Cl2N4O. The van der Waals surface area contributed by atoms with Gasteiger partial charge in [-0.1, -0.05) is 23.2 Å². The maximum absolute atomic E-state index is 10.1. The van der Waals surface area contributed by atoms with Gasteiger partial charge in [-0.3, -0.25) is 5.10 Å². The normalized spacial score (nSPS) is 17.7. The molecule has 2 aromatic rings. The summed E-state index contributed by atoms with van der Waals surface area (Å²) in [6, 6.07) is 4.84. The van der Waals surface area contributed by atoms with Crippen molar-refractivity contribution in [1.82, 2.24) is 10.2 Å². The summed E-state index contributed by atoms with van der Waals surface area (Å²) in [6.45, 7) is 1.81. The first-order valence-corrected chi connectivity index (χ1v) is 7.99. The van der Waals surface area contributed by atoms with E-state index >= 15 is 0 Å².